The second kappa shape index (κ2) is 9.46. The topological polar surface area (TPSA) is 66.0 Å². The normalized spacial score (nSPS) is 11.8. The lowest BCUT2D eigenvalue weighted by Crippen LogP contribution is -2.34. The number of ether oxygens (including phenoxy) is 1. The van der Waals surface area contributed by atoms with E-state index < -0.39 is 6.04 Å². The highest BCUT2D eigenvalue weighted by atomic mass is 16.5. The van der Waals surface area contributed by atoms with Gasteiger partial charge in [0.1, 0.15) is 11.8 Å². The van der Waals surface area contributed by atoms with Crippen LogP contribution in [0.2, 0.25) is 0 Å². The van der Waals surface area contributed by atoms with E-state index in [-0.39, 0.29) is 5.91 Å². The zero-order valence-corrected chi connectivity index (χ0v) is 15.7. The largest absolute Gasteiger partial charge is 0.494 e. The Hall–Kier alpha value is -3.02. The molecule has 1 atom stereocenters. The molecule has 0 aliphatic heterocycles. The molecule has 0 unspecified atom stereocenters. The predicted molar refractivity (Wildman–Crippen MR) is 107 cm³/mol. The SMILES string of the molecule is CCOc1ccc(N[C@@H](C)C(=O)N/N=C\c2ccc(N(C)C)cc2)cc1. The maximum atomic E-state index is 12.1. The molecule has 0 bridgehead atoms. The fourth-order valence-corrected chi connectivity index (χ4v) is 2.26. The molecule has 138 valence electrons. The minimum absolute atomic E-state index is 0.208. The highest BCUT2D eigenvalue weighted by Crippen LogP contribution is 2.16. The standard InChI is InChI=1S/C20H26N4O2/c1-5-26-19-12-8-17(9-13-19)22-15(2)20(25)23-21-14-16-6-10-18(11-7-16)24(3)4/h6-15,22H,5H2,1-4H3,(H,23,25)/b21-14-/t15-/m0/s1. The molecule has 0 aliphatic rings. The summed E-state index contributed by atoms with van der Waals surface area (Å²) in [5.41, 5.74) is 5.43. The number of hydrogen-bond donors (Lipinski definition) is 2. The van der Waals surface area contributed by atoms with Gasteiger partial charge >= 0.3 is 0 Å². The highest BCUT2D eigenvalue weighted by molar-refractivity contribution is 5.86. The summed E-state index contributed by atoms with van der Waals surface area (Å²) in [4.78, 5) is 14.2. The van der Waals surface area contributed by atoms with Crippen molar-refractivity contribution in [3.63, 3.8) is 0 Å². The van der Waals surface area contributed by atoms with Crippen molar-refractivity contribution >= 4 is 23.5 Å². The van der Waals surface area contributed by atoms with Crippen LogP contribution in [0.3, 0.4) is 0 Å². The third kappa shape index (κ3) is 5.81. The van der Waals surface area contributed by atoms with Crippen molar-refractivity contribution < 1.29 is 9.53 Å². The Morgan fingerprint density at radius 1 is 1.15 bits per heavy atom. The van der Waals surface area contributed by atoms with Crippen molar-refractivity contribution in [2.24, 2.45) is 5.10 Å². The third-order valence-electron chi connectivity index (χ3n) is 3.74. The molecular weight excluding hydrogens is 328 g/mol. The molecule has 0 aromatic heterocycles. The average molecular weight is 354 g/mol. The van der Waals surface area contributed by atoms with Gasteiger partial charge in [0.15, 0.2) is 0 Å². The van der Waals surface area contributed by atoms with Gasteiger partial charge in [-0.2, -0.15) is 5.10 Å². The molecule has 0 radical (unpaired) electrons. The monoisotopic (exact) mass is 354 g/mol. The Morgan fingerprint density at radius 2 is 1.81 bits per heavy atom. The lowest BCUT2D eigenvalue weighted by molar-refractivity contribution is -0.121. The summed E-state index contributed by atoms with van der Waals surface area (Å²) in [7, 11) is 3.98. The van der Waals surface area contributed by atoms with Crippen LogP contribution in [0.4, 0.5) is 11.4 Å². The number of nitrogens with one attached hydrogen (secondary N) is 2. The molecule has 2 N–H and O–H groups in total. The van der Waals surface area contributed by atoms with Crippen molar-refractivity contribution in [2.75, 3.05) is 30.9 Å². The van der Waals surface area contributed by atoms with Crippen LogP contribution in [0, 0.1) is 0 Å². The molecule has 0 spiro atoms. The van der Waals surface area contributed by atoms with Gasteiger partial charge in [-0.3, -0.25) is 4.79 Å². The number of anilines is 2. The van der Waals surface area contributed by atoms with Gasteiger partial charge < -0.3 is 15.0 Å². The van der Waals surface area contributed by atoms with E-state index in [0.717, 1.165) is 22.7 Å². The van der Waals surface area contributed by atoms with Gasteiger partial charge in [-0.25, -0.2) is 5.43 Å². The number of carbonyl (C=O) groups excluding carboxylic acids is 1. The van der Waals surface area contributed by atoms with Crippen LogP contribution < -0.4 is 20.4 Å². The van der Waals surface area contributed by atoms with Crippen LogP contribution >= 0.6 is 0 Å². The summed E-state index contributed by atoms with van der Waals surface area (Å²) in [6, 6.07) is 15.0. The summed E-state index contributed by atoms with van der Waals surface area (Å²) < 4.78 is 5.40. The molecule has 0 heterocycles. The summed E-state index contributed by atoms with van der Waals surface area (Å²) in [6.45, 7) is 4.35. The zero-order chi connectivity index (χ0) is 18.9. The first kappa shape index (κ1) is 19.3. The Morgan fingerprint density at radius 3 is 2.38 bits per heavy atom. The maximum absolute atomic E-state index is 12.1. The molecule has 0 fully saturated rings. The molecule has 2 rings (SSSR count). The number of rotatable bonds is 8. The van der Waals surface area contributed by atoms with Crippen molar-refractivity contribution in [3.8, 4) is 5.75 Å². The fraction of sp³-hybridized carbons (Fsp3) is 0.300. The zero-order valence-electron chi connectivity index (χ0n) is 15.7. The predicted octanol–water partition coefficient (Wildman–Crippen LogP) is 3.10. The van der Waals surface area contributed by atoms with Gasteiger partial charge in [0.2, 0.25) is 0 Å². The summed E-state index contributed by atoms with van der Waals surface area (Å²) in [6.07, 6.45) is 1.63. The van der Waals surface area contributed by atoms with Gasteiger partial charge in [0.25, 0.3) is 5.91 Å². The van der Waals surface area contributed by atoms with Gasteiger partial charge in [-0.05, 0) is 55.8 Å². The molecule has 0 aliphatic carbocycles. The minimum Gasteiger partial charge on any atom is -0.494 e. The molecule has 1 amide bonds. The van der Waals surface area contributed by atoms with Crippen molar-refractivity contribution in [1.82, 2.24) is 5.43 Å². The number of hydrazone groups is 1. The molecule has 0 saturated carbocycles. The van der Waals surface area contributed by atoms with E-state index >= 15 is 0 Å². The van der Waals surface area contributed by atoms with Crippen molar-refractivity contribution in [1.29, 1.82) is 0 Å². The first-order valence-corrected chi connectivity index (χ1v) is 8.59. The van der Waals surface area contributed by atoms with E-state index in [1.807, 2.05) is 74.4 Å². The first-order chi connectivity index (χ1) is 12.5. The van der Waals surface area contributed by atoms with Crippen LogP contribution in [-0.2, 0) is 4.79 Å². The van der Waals surface area contributed by atoms with E-state index in [9.17, 15) is 4.79 Å². The summed E-state index contributed by atoms with van der Waals surface area (Å²) in [5.74, 6) is 0.597. The summed E-state index contributed by atoms with van der Waals surface area (Å²) >= 11 is 0. The smallest absolute Gasteiger partial charge is 0.262 e. The molecule has 0 saturated heterocycles. The Kier molecular flexibility index (Phi) is 7.02. The van der Waals surface area contributed by atoms with Crippen LogP contribution in [0.25, 0.3) is 0 Å². The van der Waals surface area contributed by atoms with Crippen LogP contribution in [0.1, 0.15) is 19.4 Å². The number of carbonyl (C=O) groups is 1. The maximum Gasteiger partial charge on any atom is 0.262 e. The van der Waals surface area contributed by atoms with E-state index in [1.54, 1.807) is 13.1 Å². The fourth-order valence-electron chi connectivity index (χ4n) is 2.26. The second-order valence-electron chi connectivity index (χ2n) is 6.04. The van der Waals surface area contributed by atoms with E-state index in [4.69, 9.17) is 4.74 Å². The van der Waals surface area contributed by atoms with Gasteiger partial charge in [0, 0.05) is 25.5 Å². The van der Waals surface area contributed by atoms with E-state index in [2.05, 4.69) is 15.8 Å². The molecule has 2 aromatic carbocycles. The average Bonchev–Trinajstić information content (AvgIpc) is 2.64. The van der Waals surface area contributed by atoms with Crippen LogP contribution in [0.5, 0.6) is 5.75 Å². The Balaban J connectivity index is 1.84. The molecular formula is C20H26N4O2. The van der Waals surface area contributed by atoms with Gasteiger partial charge in [-0.15, -0.1) is 0 Å². The lowest BCUT2D eigenvalue weighted by atomic mass is 10.2. The van der Waals surface area contributed by atoms with Gasteiger partial charge in [-0.1, -0.05) is 12.1 Å². The van der Waals surface area contributed by atoms with Crippen molar-refractivity contribution in [2.45, 2.75) is 19.9 Å². The van der Waals surface area contributed by atoms with Gasteiger partial charge in [0.05, 0.1) is 12.8 Å². The number of hydrogen-bond acceptors (Lipinski definition) is 5. The Labute approximate surface area is 154 Å². The quantitative estimate of drug-likeness (QED) is 0.565. The summed E-state index contributed by atoms with van der Waals surface area (Å²) in [5, 5.41) is 7.15. The van der Waals surface area contributed by atoms with Crippen LogP contribution in [-0.4, -0.2) is 38.9 Å². The van der Waals surface area contributed by atoms with Crippen LogP contribution in [0.15, 0.2) is 53.6 Å². The third-order valence-corrected chi connectivity index (χ3v) is 3.74. The van der Waals surface area contributed by atoms with E-state index in [0.29, 0.717) is 6.61 Å². The first-order valence-electron chi connectivity index (χ1n) is 8.59. The molecule has 6 nitrogen and oxygen atoms in total. The number of amides is 1. The molecule has 2 aromatic rings. The number of benzene rings is 2. The van der Waals surface area contributed by atoms with Crippen molar-refractivity contribution in [3.05, 3.63) is 54.1 Å². The lowest BCUT2D eigenvalue weighted by Gasteiger charge is -2.14. The molecule has 26 heavy (non-hydrogen) atoms. The Bertz CT molecular complexity index is 724. The van der Waals surface area contributed by atoms with E-state index in [1.165, 1.54) is 0 Å². The highest BCUT2D eigenvalue weighted by Gasteiger charge is 2.11. The second-order valence-corrected chi connectivity index (χ2v) is 6.04. The molecule has 6 heteroatoms. The number of nitrogens with zero attached hydrogens (tertiary/aromatic N) is 2. The minimum atomic E-state index is -0.416.